The van der Waals surface area contributed by atoms with E-state index in [0.717, 1.165) is 22.1 Å². The van der Waals surface area contributed by atoms with Crippen LogP contribution in [-0.4, -0.2) is 69.5 Å². The molecule has 8 heteroatoms. The molecule has 2 saturated heterocycles. The number of para-hydroxylation sites is 1. The summed E-state index contributed by atoms with van der Waals surface area (Å²) in [4.78, 5) is 48.3. The second-order valence-corrected chi connectivity index (χ2v) is 12.7. The molecule has 41 heavy (non-hydrogen) atoms. The van der Waals surface area contributed by atoms with Gasteiger partial charge in [0.2, 0.25) is 11.8 Å². The average Bonchev–Trinajstić information content (AvgIpc) is 3.32. The zero-order chi connectivity index (χ0) is 28.3. The molecular weight excluding hydrogens is 534 g/mol. The predicted molar refractivity (Wildman–Crippen MR) is 162 cm³/mol. The van der Waals surface area contributed by atoms with Crippen LogP contribution in [0.15, 0.2) is 97.1 Å². The van der Waals surface area contributed by atoms with Crippen LogP contribution in [-0.2, 0) is 14.4 Å². The van der Waals surface area contributed by atoms with Gasteiger partial charge >= 0.3 is 0 Å². The maximum Gasteiger partial charge on any atom is 0.251 e. The lowest BCUT2D eigenvalue weighted by atomic mass is 9.78. The molecule has 1 spiro atoms. The summed E-state index contributed by atoms with van der Waals surface area (Å²) >= 11 is 1.55. The summed E-state index contributed by atoms with van der Waals surface area (Å²) in [6.45, 7) is 2.27. The SMILES string of the molecule is C[C@H](CO)N1C(=O)[C@@H]2[C@@H]3C(=O)N(c4ccccc4)CC=C[C@@H]3S[C@@]23C=CCN(c2ccc4ccccc4c2)C(=O)C13. The molecule has 4 aliphatic rings. The Morgan fingerprint density at radius 2 is 1.56 bits per heavy atom. The number of nitrogens with zero attached hydrogens (tertiary/aromatic N) is 3. The number of benzene rings is 3. The molecule has 6 atom stereocenters. The van der Waals surface area contributed by atoms with Crippen molar-refractivity contribution in [1.82, 2.24) is 4.90 Å². The third-order valence-electron chi connectivity index (χ3n) is 8.95. The highest BCUT2D eigenvalue weighted by molar-refractivity contribution is 8.02. The van der Waals surface area contributed by atoms with Gasteiger partial charge in [-0.3, -0.25) is 14.4 Å². The topological polar surface area (TPSA) is 81.2 Å². The number of hydrogen-bond donors (Lipinski definition) is 1. The zero-order valence-electron chi connectivity index (χ0n) is 22.7. The number of thioether (sulfide) groups is 1. The molecule has 2 fully saturated rings. The van der Waals surface area contributed by atoms with E-state index in [1.54, 1.807) is 33.4 Å². The van der Waals surface area contributed by atoms with E-state index in [1.165, 1.54) is 0 Å². The first kappa shape index (κ1) is 26.0. The predicted octanol–water partition coefficient (Wildman–Crippen LogP) is 4.02. The summed E-state index contributed by atoms with van der Waals surface area (Å²) in [5, 5.41) is 12.1. The normalized spacial score (nSPS) is 29.8. The molecule has 4 aliphatic heterocycles. The highest BCUT2D eigenvalue weighted by Gasteiger charge is 2.71. The van der Waals surface area contributed by atoms with Gasteiger partial charge in [0.25, 0.3) is 5.91 Å². The van der Waals surface area contributed by atoms with Crippen molar-refractivity contribution in [3.05, 3.63) is 97.1 Å². The fourth-order valence-corrected chi connectivity index (χ4v) is 9.05. The largest absolute Gasteiger partial charge is 0.394 e. The molecule has 0 aliphatic carbocycles. The molecule has 1 unspecified atom stereocenters. The zero-order valence-corrected chi connectivity index (χ0v) is 23.5. The van der Waals surface area contributed by atoms with Crippen LogP contribution in [0.3, 0.4) is 0 Å². The number of rotatable bonds is 4. The van der Waals surface area contributed by atoms with Crippen LogP contribution in [0.25, 0.3) is 10.8 Å². The Labute approximate surface area is 243 Å². The van der Waals surface area contributed by atoms with E-state index < -0.39 is 28.7 Å². The summed E-state index contributed by atoms with van der Waals surface area (Å²) in [5.74, 6) is -1.90. The van der Waals surface area contributed by atoms with E-state index in [9.17, 15) is 19.5 Å². The van der Waals surface area contributed by atoms with Crippen molar-refractivity contribution in [3.63, 3.8) is 0 Å². The Morgan fingerprint density at radius 3 is 2.34 bits per heavy atom. The molecule has 0 bridgehead atoms. The van der Waals surface area contributed by atoms with Gasteiger partial charge in [-0.25, -0.2) is 0 Å². The quantitative estimate of drug-likeness (QED) is 0.484. The van der Waals surface area contributed by atoms with Crippen LogP contribution in [0.4, 0.5) is 11.4 Å². The van der Waals surface area contributed by atoms with Crippen LogP contribution in [0.5, 0.6) is 0 Å². The molecule has 1 N–H and O–H groups in total. The summed E-state index contributed by atoms with van der Waals surface area (Å²) < 4.78 is -0.932. The molecule has 0 aromatic heterocycles. The Kier molecular flexibility index (Phi) is 6.28. The monoisotopic (exact) mass is 565 g/mol. The maximum absolute atomic E-state index is 14.6. The molecule has 7 nitrogen and oxygen atoms in total. The van der Waals surface area contributed by atoms with Crippen LogP contribution >= 0.6 is 11.8 Å². The molecule has 3 aromatic carbocycles. The van der Waals surface area contributed by atoms with Gasteiger partial charge in [-0.05, 0) is 42.0 Å². The smallest absolute Gasteiger partial charge is 0.251 e. The number of carbonyl (C=O) groups is 3. The minimum atomic E-state index is -0.932. The third kappa shape index (κ3) is 3.88. The second-order valence-electron chi connectivity index (χ2n) is 11.2. The number of carbonyl (C=O) groups excluding carboxylic acids is 3. The lowest BCUT2D eigenvalue weighted by Crippen LogP contribution is -2.56. The van der Waals surface area contributed by atoms with Gasteiger partial charge in [0.1, 0.15) is 6.04 Å². The second kappa shape index (κ2) is 9.89. The van der Waals surface area contributed by atoms with Crippen LogP contribution in [0.2, 0.25) is 0 Å². The third-order valence-corrected chi connectivity index (χ3v) is 10.7. The first-order chi connectivity index (χ1) is 19.9. The molecule has 7 rings (SSSR count). The number of aliphatic hydroxyl groups is 1. The number of fused-ring (bicyclic) bond motifs is 3. The number of hydrogen-bond acceptors (Lipinski definition) is 5. The minimum absolute atomic E-state index is 0.109. The lowest BCUT2D eigenvalue weighted by molar-refractivity contribution is -0.141. The van der Waals surface area contributed by atoms with E-state index in [1.807, 2.05) is 97.1 Å². The number of amides is 3. The van der Waals surface area contributed by atoms with Crippen molar-refractivity contribution in [2.75, 3.05) is 29.5 Å². The van der Waals surface area contributed by atoms with Gasteiger partial charge in [0.15, 0.2) is 0 Å². The van der Waals surface area contributed by atoms with Crippen molar-refractivity contribution in [2.45, 2.75) is 29.0 Å². The molecular formula is C33H31N3O4S. The first-order valence-electron chi connectivity index (χ1n) is 14.1. The molecule has 3 amide bonds. The van der Waals surface area contributed by atoms with E-state index >= 15 is 0 Å². The van der Waals surface area contributed by atoms with Crippen molar-refractivity contribution in [2.24, 2.45) is 11.8 Å². The standard InChI is InChI=1S/C33H31N3O4S/c1-21(20-37)36-29-32(40)35(25-15-14-22-9-5-6-10-23(22)19-25)18-8-16-33(29)28(31(36)39)27-26(41-33)13-7-17-34(30(27)38)24-11-3-2-4-12-24/h2-16,19,21,26-29,37H,17-18,20H2,1H3/t21-,26+,27-,28+,29?,33+/m1/s1. The van der Waals surface area contributed by atoms with Crippen LogP contribution < -0.4 is 9.80 Å². The molecule has 208 valence electrons. The molecule has 3 aromatic rings. The fraction of sp³-hybridized carbons (Fsp3) is 0.303. The average molecular weight is 566 g/mol. The van der Waals surface area contributed by atoms with Crippen LogP contribution in [0, 0.1) is 11.8 Å². The number of aliphatic hydroxyl groups excluding tert-OH is 1. The van der Waals surface area contributed by atoms with Gasteiger partial charge in [0.05, 0.1) is 29.2 Å². The Bertz CT molecular complexity index is 1610. The molecule has 0 saturated carbocycles. The first-order valence-corrected chi connectivity index (χ1v) is 14.9. The summed E-state index contributed by atoms with van der Waals surface area (Å²) in [6, 6.07) is 22.0. The molecule has 0 radical (unpaired) electrons. The summed E-state index contributed by atoms with van der Waals surface area (Å²) in [7, 11) is 0. The lowest BCUT2D eigenvalue weighted by Gasteiger charge is -2.37. The Hall–Kier alpha value is -3.88. The van der Waals surface area contributed by atoms with Crippen molar-refractivity contribution in [1.29, 1.82) is 0 Å². The Balaban J connectivity index is 1.33. The van der Waals surface area contributed by atoms with Gasteiger partial charge in [-0.2, -0.15) is 0 Å². The minimum Gasteiger partial charge on any atom is -0.394 e. The maximum atomic E-state index is 14.6. The van der Waals surface area contributed by atoms with Crippen molar-refractivity contribution in [3.8, 4) is 0 Å². The number of likely N-dealkylation sites (tertiary alicyclic amines) is 1. The van der Waals surface area contributed by atoms with Crippen LogP contribution in [0.1, 0.15) is 6.92 Å². The van der Waals surface area contributed by atoms with Crippen molar-refractivity contribution < 1.29 is 19.5 Å². The van der Waals surface area contributed by atoms with E-state index in [0.29, 0.717) is 13.1 Å². The molecule has 4 heterocycles. The summed E-state index contributed by atoms with van der Waals surface area (Å²) in [6.07, 6.45) is 8.02. The van der Waals surface area contributed by atoms with Gasteiger partial charge < -0.3 is 19.8 Å². The van der Waals surface area contributed by atoms with Gasteiger partial charge in [-0.1, -0.05) is 72.8 Å². The number of anilines is 2. The van der Waals surface area contributed by atoms with E-state index in [-0.39, 0.29) is 29.6 Å². The summed E-state index contributed by atoms with van der Waals surface area (Å²) in [5.41, 5.74) is 1.54. The fourth-order valence-electron chi connectivity index (χ4n) is 7.05. The van der Waals surface area contributed by atoms with Crippen molar-refractivity contribution >= 4 is 51.6 Å². The Morgan fingerprint density at radius 1 is 0.854 bits per heavy atom. The highest BCUT2D eigenvalue weighted by Crippen LogP contribution is 2.61. The van der Waals surface area contributed by atoms with Gasteiger partial charge in [-0.15, -0.1) is 11.8 Å². The van der Waals surface area contributed by atoms with Gasteiger partial charge in [0, 0.05) is 29.7 Å². The van der Waals surface area contributed by atoms with E-state index in [4.69, 9.17) is 0 Å². The highest BCUT2D eigenvalue weighted by atomic mass is 32.2. The van der Waals surface area contributed by atoms with E-state index in [2.05, 4.69) is 0 Å².